The fraction of sp³-hybridized carbons (Fsp3) is 0.273. The fourth-order valence-corrected chi connectivity index (χ4v) is 1.76. The molecule has 0 fully saturated rings. The molecule has 0 aliphatic rings. The van der Waals surface area contributed by atoms with Crippen LogP contribution in [0.4, 0.5) is 0 Å². The first-order valence-electron chi connectivity index (χ1n) is 4.79. The van der Waals surface area contributed by atoms with Crippen molar-refractivity contribution < 1.29 is 39.4 Å². The van der Waals surface area contributed by atoms with Crippen molar-refractivity contribution in [3.05, 3.63) is 29.2 Å². The van der Waals surface area contributed by atoms with Crippen molar-refractivity contribution in [1.29, 1.82) is 0 Å². The summed E-state index contributed by atoms with van der Waals surface area (Å²) in [6.07, 6.45) is 2.57. The predicted octanol–water partition coefficient (Wildman–Crippen LogP) is -2.10. The molecule has 2 rings (SSSR count). The SMILES string of the molecule is COc1ncc(C(C)O)c2cc(Cl)ncc12.[BH4-].[Na+]. The van der Waals surface area contributed by atoms with Gasteiger partial charge in [0, 0.05) is 18.0 Å². The number of fused-ring (bicyclic) bond motifs is 1. The van der Waals surface area contributed by atoms with Gasteiger partial charge in [-0.05, 0) is 18.4 Å². The Morgan fingerprint density at radius 1 is 1.28 bits per heavy atom. The first-order valence-corrected chi connectivity index (χ1v) is 5.17. The summed E-state index contributed by atoms with van der Waals surface area (Å²) in [5, 5.41) is 11.6. The van der Waals surface area contributed by atoms with Crippen molar-refractivity contribution in [1.82, 2.24) is 9.97 Å². The van der Waals surface area contributed by atoms with Crippen LogP contribution in [0.5, 0.6) is 5.88 Å². The van der Waals surface area contributed by atoms with E-state index in [4.69, 9.17) is 16.3 Å². The topological polar surface area (TPSA) is 55.2 Å². The number of ether oxygens (including phenoxy) is 1. The number of methoxy groups -OCH3 is 1. The number of hydrogen-bond acceptors (Lipinski definition) is 4. The molecule has 18 heavy (non-hydrogen) atoms. The third-order valence-electron chi connectivity index (χ3n) is 2.38. The van der Waals surface area contributed by atoms with Gasteiger partial charge in [-0.15, -0.1) is 0 Å². The van der Waals surface area contributed by atoms with Crippen LogP contribution in [-0.4, -0.2) is 30.6 Å². The smallest absolute Gasteiger partial charge is 0.481 e. The molecule has 0 saturated heterocycles. The molecular weight excluding hydrogens is 261 g/mol. The van der Waals surface area contributed by atoms with Crippen molar-refractivity contribution in [3.8, 4) is 5.88 Å². The zero-order valence-electron chi connectivity index (χ0n) is 9.94. The molecule has 1 atom stereocenters. The monoisotopic (exact) mass is 276 g/mol. The third-order valence-corrected chi connectivity index (χ3v) is 2.58. The minimum absolute atomic E-state index is 0. The minimum atomic E-state index is -0.612. The Balaban J connectivity index is 0.00000144. The maximum Gasteiger partial charge on any atom is 1.00 e. The third kappa shape index (κ3) is 3.36. The number of halogens is 1. The van der Waals surface area contributed by atoms with Crippen molar-refractivity contribution in [2.24, 2.45) is 0 Å². The summed E-state index contributed by atoms with van der Waals surface area (Å²) >= 11 is 5.84. The second kappa shape index (κ2) is 7.31. The number of aromatic nitrogens is 2. The Bertz CT molecular complexity index is 540. The quantitative estimate of drug-likeness (QED) is 0.504. The average molecular weight is 277 g/mol. The molecule has 0 amide bonds. The fourth-order valence-electron chi connectivity index (χ4n) is 1.60. The van der Waals surface area contributed by atoms with Crippen LogP contribution in [0.1, 0.15) is 18.6 Å². The number of pyridine rings is 2. The molecule has 92 valence electrons. The van der Waals surface area contributed by atoms with E-state index < -0.39 is 6.10 Å². The molecule has 0 aliphatic carbocycles. The molecule has 0 bridgehead atoms. The molecule has 0 aromatic carbocycles. The Morgan fingerprint density at radius 2 is 1.94 bits per heavy atom. The molecule has 0 spiro atoms. The van der Waals surface area contributed by atoms with Crippen molar-refractivity contribution in [2.45, 2.75) is 13.0 Å². The zero-order chi connectivity index (χ0) is 11.7. The summed E-state index contributed by atoms with van der Waals surface area (Å²) in [5.74, 6) is 0.476. The van der Waals surface area contributed by atoms with Gasteiger partial charge in [-0.1, -0.05) is 20.0 Å². The van der Waals surface area contributed by atoms with Crippen LogP contribution in [0, 0.1) is 0 Å². The minimum Gasteiger partial charge on any atom is -0.481 e. The van der Waals surface area contributed by atoms with E-state index in [-0.39, 0.29) is 38.0 Å². The van der Waals surface area contributed by atoms with E-state index in [9.17, 15) is 5.11 Å². The van der Waals surface area contributed by atoms with Crippen molar-refractivity contribution in [3.63, 3.8) is 0 Å². The second-order valence-electron chi connectivity index (χ2n) is 3.45. The number of aliphatic hydroxyl groups excluding tert-OH is 1. The average Bonchev–Trinajstić information content (AvgIpc) is 2.26. The van der Waals surface area contributed by atoms with E-state index >= 15 is 0 Å². The van der Waals surface area contributed by atoms with Crippen LogP contribution in [0.15, 0.2) is 18.5 Å². The van der Waals surface area contributed by atoms with Gasteiger partial charge in [-0.25, -0.2) is 9.97 Å². The number of rotatable bonds is 2. The van der Waals surface area contributed by atoms with Crippen LogP contribution in [0.25, 0.3) is 10.8 Å². The molecule has 1 N–H and O–H groups in total. The maximum atomic E-state index is 9.63. The van der Waals surface area contributed by atoms with E-state index in [1.165, 1.54) is 0 Å². The number of nitrogens with zero attached hydrogens (tertiary/aromatic N) is 2. The van der Waals surface area contributed by atoms with E-state index in [2.05, 4.69) is 9.97 Å². The standard InChI is InChI=1S/C11H11ClN2O2.BH4.Na/c1-6(15)8-4-14-11(16-2)9-5-13-10(12)3-7(8)9;;/h3-6,15H,1-2H3;1H4;/q;-1;+1. The molecule has 4 nitrogen and oxygen atoms in total. The Kier molecular flexibility index (Phi) is 7.18. The number of hydrogen-bond donors (Lipinski definition) is 1. The molecule has 1 unspecified atom stereocenters. The van der Waals surface area contributed by atoms with Gasteiger partial charge in [0.2, 0.25) is 5.88 Å². The van der Waals surface area contributed by atoms with Gasteiger partial charge in [0.15, 0.2) is 0 Å². The Labute approximate surface area is 135 Å². The summed E-state index contributed by atoms with van der Waals surface area (Å²) in [6.45, 7) is 1.68. The van der Waals surface area contributed by atoms with Crippen LogP contribution < -0.4 is 34.3 Å². The first-order chi connectivity index (χ1) is 7.63. The zero-order valence-corrected chi connectivity index (χ0v) is 12.7. The van der Waals surface area contributed by atoms with Gasteiger partial charge in [-0.3, -0.25) is 0 Å². The van der Waals surface area contributed by atoms with Crippen LogP contribution in [-0.2, 0) is 0 Å². The van der Waals surface area contributed by atoms with Crippen molar-refractivity contribution >= 4 is 30.8 Å². The molecule has 2 aromatic rings. The van der Waals surface area contributed by atoms with E-state index in [1.54, 1.807) is 32.5 Å². The van der Waals surface area contributed by atoms with E-state index in [1.807, 2.05) is 0 Å². The van der Waals surface area contributed by atoms with Crippen LogP contribution in [0.3, 0.4) is 0 Å². The summed E-state index contributed by atoms with van der Waals surface area (Å²) in [6, 6.07) is 1.70. The van der Waals surface area contributed by atoms with E-state index in [0.29, 0.717) is 16.6 Å². The predicted molar refractivity (Wildman–Crippen MR) is 73.1 cm³/mol. The Hall–Kier alpha value is -0.325. The Morgan fingerprint density at radius 3 is 2.50 bits per heavy atom. The van der Waals surface area contributed by atoms with Crippen molar-refractivity contribution in [2.75, 3.05) is 7.11 Å². The molecule has 0 aliphatic heterocycles. The summed E-state index contributed by atoms with van der Waals surface area (Å²) in [5.41, 5.74) is 0.708. The second-order valence-corrected chi connectivity index (χ2v) is 3.84. The summed E-state index contributed by atoms with van der Waals surface area (Å²) < 4.78 is 5.13. The normalized spacial score (nSPS) is 11.3. The molecule has 2 aromatic heterocycles. The van der Waals surface area contributed by atoms with Gasteiger partial charge >= 0.3 is 29.6 Å². The molecular formula is C11H15BClN2NaO2. The maximum absolute atomic E-state index is 9.63. The van der Waals surface area contributed by atoms with Gasteiger partial charge in [0.25, 0.3) is 0 Å². The van der Waals surface area contributed by atoms with E-state index in [0.717, 1.165) is 10.8 Å². The molecule has 0 saturated carbocycles. The van der Waals surface area contributed by atoms with Gasteiger partial charge in [-0.2, -0.15) is 0 Å². The van der Waals surface area contributed by atoms with Crippen LogP contribution >= 0.6 is 11.6 Å². The molecule has 2 heterocycles. The van der Waals surface area contributed by atoms with Gasteiger partial charge in [0.05, 0.1) is 18.6 Å². The number of aliphatic hydroxyl groups is 1. The largest absolute Gasteiger partial charge is 1.00 e. The molecule has 0 radical (unpaired) electrons. The molecule has 7 heteroatoms. The summed E-state index contributed by atoms with van der Waals surface area (Å²) in [7, 11) is 1.54. The first kappa shape index (κ1) is 17.7. The summed E-state index contributed by atoms with van der Waals surface area (Å²) in [4.78, 5) is 8.09. The van der Waals surface area contributed by atoms with Gasteiger partial charge in [0.1, 0.15) is 5.15 Å². The van der Waals surface area contributed by atoms with Gasteiger partial charge < -0.3 is 9.84 Å². The van der Waals surface area contributed by atoms with Crippen LogP contribution in [0.2, 0.25) is 5.15 Å².